The van der Waals surface area contributed by atoms with Gasteiger partial charge < -0.3 is 10.2 Å². The van der Waals surface area contributed by atoms with Crippen LogP contribution in [0.3, 0.4) is 0 Å². The molecular formula is C16H33N3. The minimum atomic E-state index is 0.778. The van der Waals surface area contributed by atoms with Crippen molar-refractivity contribution < 1.29 is 0 Å². The summed E-state index contributed by atoms with van der Waals surface area (Å²) in [4.78, 5) is 5.07. The van der Waals surface area contributed by atoms with Gasteiger partial charge in [0, 0.05) is 31.7 Å². The monoisotopic (exact) mass is 267 g/mol. The van der Waals surface area contributed by atoms with Gasteiger partial charge in [-0.1, -0.05) is 13.8 Å². The molecule has 19 heavy (non-hydrogen) atoms. The van der Waals surface area contributed by atoms with E-state index >= 15 is 0 Å². The summed E-state index contributed by atoms with van der Waals surface area (Å²) in [6, 6.07) is 1.70. The Bertz CT molecular complexity index is 261. The average molecular weight is 267 g/mol. The van der Waals surface area contributed by atoms with Crippen molar-refractivity contribution in [2.24, 2.45) is 11.8 Å². The molecule has 2 fully saturated rings. The molecule has 2 atom stereocenters. The lowest BCUT2D eigenvalue weighted by Gasteiger charge is -2.45. The number of hydrogen-bond acceptors (Lipinski definition) is 3. The van der Waals surface area contributed by atoms with Crippen molar-refractivity contribution in [1.82, 2.24) is 15.1 Å². The third kappa shape index (κ3) is 5.05. The first-order chi connectivity index (χ1) is 9.06. The van der Waals surface area contributed by atoms with Gasteiger partial charge in [-0.3, -0.25) is 4.90 Å². The van der Waals surface area contributed by atoms with Gasteiger partial charge in [-0.15, -0.1) is 0 Å². The van der Waals surface area contributed by atoms with Crippen LogP contribution in [0.1, 0.15) is 39.5 Å². The van der Waals surface area contributed by atoms with Crippen molar-refractivity contribution in [3.05, 3.63) is 0 Å². The van der Waals surface area contributed by atoms with Gasteiger partial charge >= 0.3 is 0 Å². The predicted molar refractivity (Wildman–Crippen MR) is 82.5 cm³/mol. The van der Waals surface area contributed by atoms with E-state index in [2.05, 4.69) is 43.1 Å². The molecular weight excluding hydrogens is 234 g/mol. The highest BCUT2D eigenvalue weighted by molar-refractivity contribution is 4.92. The van der Waals surface area contributed by atoms with Crippen molar-refractivity contribution in [3.8, 4) is 0 Å². The van der Waals surface area contributed by atoms with E-state index in [-0.39, 0.29) is 0 Å². The third-order valence-corrected chi connectivity index (χ3v) is 4.53. The first kappa shape index (κ1) is 15.3. The van der Waals surface area contributed by atoms with Crippen LogP contribution < -0.4 is 5.32 Å². The number of nitrogens with one attached hydrogen (secondary N) is 1. The topological polar surface area (TPSA) is 18.5 Å². The number of hydrogen-bond donors (Lipinski definition) is 1. The number of nitrogens with zero attached hydrogens (tertiary/aromatic N) is 2. The van der Waals surface area contributed by atoms with Gasteiger partial charge in [0.05, 0.1) is 0 Å². The van der Waals surface area contributed by atoms with Crippen molar-refractivity contribution in [1.29, 1.82) is 0 Å². The van der Waals surface area contributed by atoms with Gasteiger partial charge in [0.15, 0.2) is 0 Å². The zero-order valence-corrected chi connectivity index (χ0v) is 13.4. The fourth-order valence-electron chi connectivity index (χ4n) is 3.07. The zero-order valence-electron chi connectivity index (χ0n) is 13.4. The Labute approximate surface area is 119 Å². The van der Waals surface area contributed by atoms with E-state index in [4.69, 9.17) is 0 Å². The molecule has 2 saturated carbocycles. The molecule has 0 aliphatic heterocycles. The van der Waals surface area contributed by atoms with E-state index in [1.54, 1.807) is 0 Å². The molecule has 1 N–H and O–H groups in total. The fourth-order valence-corrected chi connectivity index (χ4v) is 3.07. The quantitative estimate of drug-likeness (QED) is 0.690. The minimum absolute atomic E-state index is 0.778. The minimum Gasteiger partial charge on any atom is -0.314 e. The smallest absolute Gasteiger partial charge is 0.0136 e. The Kier molecular flexibility index (Phi) is 5.67. The molecule has 2 aliphatic carbocycles. The van der Waals surface area contributed by atoms with Crippen LogP contribution in [-0.4, -0.2) is 62.2 Å². The van der Waals surface area contributed by atoms with Gasteiger partial charge in [-0.2, -0.15) is 0 Å². The van der Waals surface area contributed by atoms with Gasteiger partial charge in [0.25, 0.3) is 0 Å². The number of likely N-dealkylation sites (N-methyl/N-ethyl adjacent to an activating group) is 1. The molecule has 0 aromatic rings. The summed E-state index contributed by atoms with van der Waals surface area (Å²) in [7, 11) is 4.36. The van der Waals surface area contributed by atoms with Crippen LogP contribution in [0.4, 0.5) is 0 Å². The van der Waals surface area contributed by atoms with Gasteiger partial charge in [0.2, 0.25) is 0 Å². The Balaban J connectivity index is 1.77. The second-order valence-corrected chi connectivity index (χ2v) is 7.28. The summed E-state index contributed by atoms with van der Waals surface area (Å²) in [5, 5.41) is 3.72. The van der Waals surface area contributed by atoms with Crippen LogP contribution in [-0.2, 0) is 0 Å². The average Bonchev–Trinajstić information content (AvgIpc) is 3.07. The second-order valence-electron chi connectivity index (χ2n) is 7.28. The molecule has 3 heteroatoms. The maximum absolute atomic E-state index is 3.72. The lowest BCUT2D eigenvalue weighted by molar-refractivity contribution is 0.0476. The molecule has 3 nitrogen and oxygen atoms in total. The SMILES string of the molecule is CC(C)CN(CCN(C)C)C1CCC1CNC1CC1. The van der Waals surface area contributed by atoms with Crippen LogP contribution in [0.5, 0.6) is 0 Å². The summed E-state index contributed by atoms with van der Waals surface area (Å²) >= 11 is 0. The molecule has 112 valence electrons. The highest BCUT2D eigenvalue weighted by Crippen LogP contribution is 2.33. The van der Waals surface area contributed by atoms with E-state index in [1.165, 1.54) is 51.9 Å². The second kappa shape index (κ2) is 7.05. The highest BCUT2D eigenvalue weighted by Gasteiger charge is 2.36. The molecule has 0 amide bonds. The molecule has 0 spiro atoms. The first-order valence-corrected chi connectivity index (χ1v) is 8.18. The first-order valence-electron chi connectivity index (χ1n) is 8.18. The largest absolute Gasteiger partial charge is 0.314 e. The van der Waals surface area contributed by atoms with Crippen LogP contribution >= 0.6 is 0 Å². The molecule has 2 rings (SSSR count). The maximum Gasteiger partial charge on any atom is 0.0136 e. The normalized spacial score (nSPS) is 27.3. The van der Waals surface area contributed by atoms with E-state index in [0.717, 1.165) is 23.9 Å². The molecule has 0 bridgehead atoms. The molecule has 2 unspecified atom stereocenters. The van der Waals surface area contributed by atoms with Gasteiger partial charge in [-0.25, -0.2) is 0 Å². The van der Waals surface area contributed by atoms with E-state index in [0.29, 0.717) is 0 Å². The van der Waals surface area contributed by atoms with E-state index in [1.807, 2.05) is 0 Å². The van der Waals surface area contributed by atoms with Crippen molar-refractivity contribution >= 4 is 0 Å². The molecule has 0 heterocycles. The van der Waals surface area contributed by atoms with Gasteiger partial charge in [0.1, 0.15) is 0 Å². The summed E-state index contributed by atoms with van der Waals surface area (Å²) < 4.78 is 0. The molecule has 0 aromatic heterocycles. The summed E-state index contributed by atoms with van der Waals surface area (Å²) in [5.41, 5.74) is 0. The van der Waals surface area contributed by atoms with Crippen LogP contribution in [0.15, 0.2) is 0 Å². The number of rotatable bonds is 9. The summed E-state index contributed by atoms with van der Waals surface area (Å²) in [6.07, 6.45) is 5.67. The Morgan fingerprint density at radius 3 is 2.26 bits per heavy atom. The Morgan fingerprint density at radius 1 is 1.05 bits per heavy atom. The van der Waals surface area contributed by atoms with Crippen molar-refractivity contribution in [2.75, 3.05) is 40.3 Å². The fraction of sp³-hybridized carbons (Fsp3) is 1.00. The maximum atomic E-state index is 3.72. The molecule has 0 aromatic carbocycles. The summed E-state index contributed by atoms with van der Waals surface area (Å²) in [6.45, 7) is 9.63. The Hall–Kier alpha value is -0.120. The van der Waals surface area contributed by atoms with Gasteiger partial charge in [-0.05, 0) is 58.2 Å². The van der Waals surface area contributed by atoms with Crippen LogP contribution in [0, 0.1) is 11.8 Å². The Morgan fingerprint density at radius 2 is 1.79 bits per heavy atom. The van der Waals surface area contributed by atoms with E-state index in [9.17, 15) is 0 Å². The third-order valence-electron chi connectivity index (χ3n) is 4.53. The van der Waals surface area contributed by atoms with Crippen LogP contribution in [0.2, 0.25) is 0 Å². The van der Waals surface area contributed by atoms with E-state index < -0.39 is 0 Å². The van der Waals surface area contributed by atoms with Crippen molar-refractivity contribution in [3.63, 3.8) is 0 Å². The van der Waals surface area contributed by atoms with Crippen molar-refractivity contribution in [2.45, 2.75) is 51.6 Å². The molecule has 0 radical (unpaired) electrons. The highest BCUT2D eigenvalue weighted by atomic mass is 15.2. The van der Waals surface area contributed by atoms with Crippen LogP contribution in [0.25, 0.3) is 0 Å². The lowest BCUT2D eigenvalue weighted by atomic mass is 9.78. The lowest BCUT2D eigenvalue weighted by Crippen LogP contribution is -2.53. The summed E-state index contributed by atoms with van der Waals surface area (Å²) in [5.74, 6) is 1.68. The molecule has 0 saturated heterocycles. The zero-order chi connectivity index (χ0) is 13.8. The standard InChI is InChI=1S/C16H33N3/c1-13(2)12-19(10-9-18(3)4)16-8-5-14(16)11-17-15-6-7-15/h13-17H,5-12H2,1-4H3. The predicted octanol–water partition coefficient (Wildman–Crippen LogP) is 2.04. The molecule has 2 aliphatic rings.